The van der Waals surface area contributed by atoms with Crippen molar-refractivity contribution in [3.05, 3.63) is 101 Å². The highest BCUT2D eigenvalue weighted by atomic mass is 32.2. The second kappa shape index (κ2) is 10.2. The summed E-state index contributed by atoms with van der Waals surface area (Å²) in [6.07, 6.45) is 0.635. The molecular formula is C26H26N2O5S. The number of carbonyl (C=O) groups excluding carboxylic acids is 2. The SMILES string of the molecule is CN(Cc1ccccc1)C(=O)COC(=O)c1cccc(S(=O)(=O)N2CCc3ccccc3C2)c1. The molecule has 1 heterocycles. The number of esters is 1. The molecule has 3 aromatic carbocycles. The largest absolute Gasteiger partial charge is 0.452 e. The van der Waals surface area contributed by atoms with Crippen LogP contribution in [-0.2, 0) is 39.1 Å². The number of ether oxygens (including phenoxy) is 1. The predicted octanol–water partition coefficient (Wildman–Crippen LogP) is 3.25. The number of rotatable bonds is 7. The van der Waals surface area contributed by atoms with Crippen LogP contribution < -0.4 is 0 Å². The Hall–Kier alpha value is -3.49. The molecule has 0 aliphatic carbocycles. The van der Waals surface area contributed by atoms with E-state index in [2.05, 4.69) is 0 Å². The zero-order valence-corrected chi connectivity index (χ0v) is 19.7. The summed E-state index contributed by atoms with van der Waals surface area (Å²) in [5.41, 5.74) is 3.17. The minimum absolute atomic E-state index is 0.0221. The molecule has 0 spiro atoms. The van der Waals surface area contributed by atoms with Crippen LogP contribution >= 0.6 is 0 Å². The molecule has 0 atom stereocenters. The molecule has 0 N–H and O–H groups in total. The van der Waals surface area contributed by atoms with Crippen LogP contribution in [0.2, 0.25) is 0 Å². The quantitative estimate of drug-likeness (QED) is 0.487. The van der Waals surface area contributed by atoms with E-state index in [0.717, 1.165) is 16.7 Å². The number of amides is 1. The van der Waals surface area contributed by atoms with Crippen LogP contribution in [0.15, 0.2) is 83.8 Å². The molecule has 1 aliphatic heterocycles. The van der Waals surface area contributed by atoms with Crippen molar-refractivity contribution in [1.82, 2.24) is 9.21 Å². The van der Waals surface area contributed by atoms with Gasteiger partial charge in [-0.2, -0.15) is 4.31 Å². The van der Waals surface area contributed by atoms with E-state index in [0.29, 0.717) is 19.5 Å². The van der Waals surface area contributed by atoms with Gasteiger partial charge in [-0.1, -0.05) is 60.7 Å². The number of fused-ring (bicyclic) bond motifs is 1. The maximum absolute atomic E-state index is 13.2. The van der Waals surface area contributed by atoms with Crippen LogP contribution in [0.5, 0.6) is 0 Å². The molecule has 0 bridgehead atoms. The molecule has 3 aromatic rings. The van der Waals surface area contributed by atoms with Crippen LogP contribution in [0.4, 0.5) is 0 Å². The van der Waals surface area contributed by atoms with Crippen molar-refractivity contribution >= 4 is 21.9 Å². The Bertz CT molecular complexity index is 1290. The third kappa shape index (κ3) is 5.35. The van der Waals surface area contributed by atoms with Crippen LogP contribution in [-0.4, -0.2) is 49.7 Å². The topological polar surface area (TPSA) is 84.0 Å². The minimum atomic E-state index is -3.79. The summed E-state index contributed by atoms with van der Waals surface area (Å²) in [7, 11) is -2.16. The smallest absolute Gasteiger partial charge is 0.338 e. The molecule has 34 heavy (non-hydrogen) atoms. The Kier molecular flexibility index (Phi) is 7.09. The van der Waals surface area contributed by atoms with E-state index in [4.69, 9.17) is 4.74 Å². The van der Waals surface area contributed by atoms with Gasteiger partial charge in [0.25, 0.3) is 5.91 Å². The molecule has 0 fully saturated rings. The lowest BCUT2D eigenvalue weighted by atomic mass is 10.0. The number of hydrogen-bond acceptors (Lipinski definition) is 5. The lowest BCUT2D eigenvalue weighted by Crippen LogP contribution is -2.36. The number of carbonyl (C=O) groups is 2. The molecule has 1 amide bonds. The Morgan fingerprint density at radius 1 is 0.941 bits per heavy atom. The van der Waals surface area contributed by atoms with Crippen molar-refractivity contribution < 1.29 is 22.7 Å². The highest BCUT2D eigenvalue weighted by Gasteiger charge is 2.29. The fraction of sp³-hybridized carbons (Fsp3) is 0.231. The average Bonchev–Trinajstić information content (AvgIpc) is 2.87. The Labute approximate surface area is 199 Å². The molecule has 1 aliphatic rings. The van der Waals surface area contributed by atoms with Gasteiger partial charge in [-0.15, -0.1) is 0 Å². The molecule has 0 radical (unpaired) electrons. The van der Waals surface area contributed by atoms with Crippen molar-refractivity contribution in [1.29, 1.82) is 0 Å². The van der Waals surface area contributed by atoms with E-state index in [1.807, 2.05) is 54.6 Å². The van der Waals surface area contributed by atoms with E-state index in [1.165, 1.54) is 33.5 Å². The summed E-state index contributed by atoms with van der Waals surface area (Å²) in [5, 5.41) is 0. The summed E-state index contributed by atoms with van der Waals surface area (Å²) in [5.74, 6) is -1.10. The summed E-state index contributed by atoms with van der Waals surface area (Å²) in [6, 6.07) is 23.0. The van der Waals surface area contributed by atoms with E-state index >= 15 is 0 Å². The van der Waals surface area contributed by atoms with Gasteiger partial charge in [-0.25, -0.2) is 13.2 Å². The first-order valence-corrected chi connectivity index (χ1v) is 12.4. The lowest BCUT2D eigenvalue weighted by molar-refractivity contribution is -0.133. The fourth-order valence-corrected chi connectivity index (χ4v) is 5.34. The Morgan fingerprint density at radius 2 is 1.65 bits per heavy atom. The van der Waals surface area contributed by atoms with Crippen LogP contribution in [0, 0.1) is 0 Å². The third-order valence-electron chi connectivity index (χ3n) is 5.82. The van der Waals surface area contributed by atoms with E-state index < -0.39 is 22.6 Å². The number of sulfonamides is 1. The van der Waals surface area contributed by atoms with Crippen molar-refractivity contribution in [3.8, 4) is 0 Å². The van der Waals surface area contributed by atoms with Crippen molar-refractivity contribution in [2.45, 2.75) is 24.4 Å². The summed E-state index contributed by atoms with van der Waals surface area (Å²) in [4.78, 5) is 26.4. The van der Waals surface area contributed by atoms with E-state index in [-0.39, 0.29) is 22.9 Å². The molecule has 4 rings (SSSR count). The van der Waals surface area contributed by atoms with Crippen molar-refractivity contribution in [3.63, 3.8) is 0 Å². The lowest BCUT2D eigenvalue weighted by Gasteiger charge is -2.28. The first-order chi connectivity index (χ1) is 16.3. The first-order valence-electron chi connectivity index (χ1n) is 11.0. The van der Waals surface area contributed by atoms with Crippen molar-refractivity contribution in [2.24, 2.45) is 0 Å². The zero-order chi connectivity index (χ0) is 24.1. The molecule has 176 valence electrons. The number of hydrogen-bond donors (Lipinski definition) is 0. The van der Waals surface area contributed by atoms with E-state index in [9.17, 15) is 18.0 Å². The van der Waals surface area contributed by atoms with Crippen LogP contribution in [0.3, 0.4) is 0 Å². The molecular weight excluding hydrogens is 452 g/mol. The molecule has 8 heteroatoms. The van der Waals surface area contributed by atoms with Gasteiger partial charge in [0, 0.05) is 26.7 Å². The minimum Gasteiger partial charge on any atom is -0.452 e. The second-order valence-corrected chi connectivity index (χ2v) is 10.1. The molecule has 0 aromatic heterocycles. The molecule has 0 saturated carbocycles. The van der Waals surface area contributed by atoms with E-state index in [1.54, 1.807) is 7.05 Å². The van der Waals surface area contributed by atoms with Crippen LogP contribution in [0.1, 0.15) is 27.0 Å². The number of benzene rings is 3. The van der Waals surface area contributed by atoms with Crippen LogP contribution in [0.25, 0.3) is 0 Å². The van der Waals surface area contributed by atoms with Gasteiger partial charge in [0.2, 0.25) is 10.0 Å². The molecule has 7 nitrogen and oxygen atoms in total. The van der Waals surface area contributed by atoms with Gasteiger partial charge in [0.05, 0.1) is 10.5 Å². The average molecular weight is 479 g/mol. The first kappa shape index (κ1) is 23.7. The highest BCUT2D eigenvalue weighted by molar-refractivity contribution is 7.89. The maximum atomic E-state index is 13.2. The normalized spacial score (nSPS) is 13.7. The standard InChI is InChI=1S/C26H26N2O5S/c1-27(17-20-8-3-2-4-9-20)25(29)19-33-26(30)22-12-7-13-24(16-22)34(31,32)28-15-14-21-10-5-6-11-23(21)18-28/h2-13,16H,14-15,17-19H2,1H3. The van der Waals surface area contributed by atoms with Gasteiger partial charge in [-0.05, 0) is 41.3 Å². The van der Waals surface area contributed by atoms with Gasteiger partial charge in [0.15, 0.2) is 6.61 Å². The molecule has 0 unspecified atom stereocenters. The predicted molar refractivity (Wildman–Crippen MR) is 127 cm³/mol. The van der Waals surface area contributed by atoms with Crippen molar-refractivity contribution in [2.75, 3.05) is 20.2 Å². The second-order valence-electron chi connectivity index (χ2n) is 8.20. The Morgan fingerprint density at radius 3 is 2.41 bits per heavy atom. The van der Waals surface area contributed by atoms with Gasteiger partial charge >= 0.3 is 5.97 Å². The fourth-order valence-electron chi connectivity index (χ4n) is 3.87. The highest BCUT2D eigenvalue weighted by Crippen LogP contribution is 2.25. The Balaban J connectivity index is 1.40. The van der Waals surface area contributed by atoms with Gasteiger partial charge in [-0.3, -0.25) is 4.79 Å². The van der Waals surface area contributed by atoms with Gasteiger partial charge < -0.3 is 9.64 Å². The summed E-state index contributed by atoms with van der Waals surface area (Å²) in [6.45, 7) is 0.623. The zero-order valence-electron chi connectivity index (χ0n) is 18.9. The summed E-state index contributed by atoms with van der Waals surface area (Å²) < 4.78 is 33.0. The third-order valence-corrected chi connectivity index (χ3v) is 7.66. The monoisotopic (exact) mass is 478 g/mol. The van der Waals surface area contributed by atoms with Gasteiger partial charge in [0.1, 0.15) is 0 Å². The maximum Gasteiger partial charge on any atom is 0.338 e. The number of nitrogens with zero attached hydrogens (tertiary/aromatic N) is 2. The number of likely N-dealkylation sites (N-methyl/N-ethyl adjacent to an activating group) is 1. The molecule has 0 saturated heterocycles. The summed E-state index contributed by atoms with van der Waals surface area (Å²) >= 11 is 0.